The predicted octanol–water partition coefficient (Wildman–Crippen LogP) is 2.01. The molecule has 0 N–H and O–H groups in total. The summed E-state index contributed by atoms with van der Waals surface area (Å²) in [4.78, 5) is 7.11. The zero-order valence-electron chi connectivity index (χ0n) is 10.8. The molecule has 0 atom stereocenters. The van der Waals surface area contributed by atoms with E-state index in [4.69, 9.17) is 4.99 Å². The largest absolute Gasteiger partial charge is 0.348 e. The lowest BCUT2D eigenvalue weighted by Crippen LogP contribution is -2.40. The monoisotopic (exact) mass is 248 g/mol. The quantitative estimate of drug-likeness (QED) is 0.794. The second-order valence-electron chi connectivity index (χ2n) is 5.35. The predicted molar refractivity (Wildman–Crippen MR) is 75.7 cm³/mol. The summed E-state index contributed by atoms with van der Waals surface area (Å²) in [5.41, 5.74) is 1.61. The SMILES string of the molecule is C1=c2ccccc2=NCN1C1(c2ccccc2)CC1. The van der Waals surface area contributed by atoms with Gasteiger partial charge in [-0.15, -0.1) is 0 Å². The van der Waals surface area contributed by atoms with Crippen molar-refractivity contribution in [3.05, 3.63) is 70.7 Å². The van der Waals surface area contributed by atoms with Crippen molar-refractivity contribution >= 4 is 6.20 Å². The van der Waals surface area contributed by atoms with Gasteiger partial charge >= 0.3 is 0 Å². The Balaban J connectivity index is 1.78. The molecule has 1 saturated carbocycles. The van der Waals surface area contributed by atoms with Crippen LogP contribution in [0, 0.1) is 0 Å². The standard InChI is InChI=1S/C17H16N2/c1-2-7-15(8-3-1)17(10-11-17)19-12-14-6-4-5-9-16(14)18-13-19/h1-9,12H,10-11,13H2. The number of rotatable bonds is 2. The van der Waals surface area contributed by atoms with Crippen LogP contribution in [0.25, 0.3) is 6.20 Å². The molecule has 19 heavy (non-hydrogen) atoms. The van der Waals surface area contributed by atoms with Gasteiger partial charge in [-0.25, -0.2) is 0 Å². The topological polar surface area (TPSA) is 15.6 Å². The van der Waals surface area contributed by atoms with E-state index in [0.717, 1.165) is 12.0 Å². The summed E-state index contributed by atoms with van der Waals surface area (Å²) in [5, 5.41) is 2.35. The molecule has 4 rings (SSSR count). The summed E-state index contributed by atoms with van der Waals surface area (Å²) >= 11 is 0. The summed E-state index contributed by atoms with van der Waals surface area (Å²) in [6.45, 7) is 0.770. The van der Waals surface area contributed by atoms with Crippen molar-refractivity contribution < 1.29 is 0 Å². The summed E-state index contributed by atoms with van der Waals surface area (Å²) in [7, 11) is 0. The van der Waals surface area contributed by atoms with Gasteiger partial charge in [0, 0.05) is 11.4 Å². The molecular formula is C17H16N2. The average Bonchev–Trinajstić information content (AvgIpc) is 3.29. The fraction of sp³-hybridized carbons (Fsp3) is 0.235. The van der Waals surface area contributed by atoms with Crippen LogP contribution in [0.3, 0.4) is 0 Å². The van der Waals surface area contributed by atoms with Crippen LogP contribution in [0.2, 0.25) is 0 Å². The summed E-state index contributed by atoms with van der Waals surface area (Å²) in [5.74, 6) is 0. The third kappa shape index (κ3) is 1.67. The van der Waals surface area contributed by atoms with E-state index in [2.05, 4.69) is 65.7 Å². The lowest BCUT2D eigenvalue weighted by molar-refractivity contribution is 0.288. The van der Waals surface area contributed by atoms with Crippen LogP contribution in [0.5, 0.6) is 0 Å². The lowest BCUT2D eigenvalue weighted by atomic mass is 10.0. The third-order valence-corrected chi connectivity index (χ3v) is 4.21. The zero-order chi connectivity index (χ0) is 12.7. The van der Waals surface area contributed by atoms with Gasteiger partial charge in [0.25, 0.3) is 0 Å². The van der Waals surface area contributed by atoms with Crippen molar-refractivity contribution in [2.45, 2.75) is 18.4 Å². The first-order chi connectivity index (χ1) is 9.38. The van der Waals surface area contributed by atoms with Gasteiger partial charge in [0.05, 0.1) is 10.9 Å². The van der Waals surface area contributed by atoms with Gasteiger partial charge in [-0.1, -0.05) is 48.5 Å². The van der Waals surface area contributed by atoms with Gasteiger partial charge in [0.15, 0.2) is 0 Å². The van der Waals surface area contributed by atoms with Gasteiger partial charge in [0.1, 0.15) is 6.67 Å². The summed E-state index contributed by atoms with van der Waals surface area (Å²) in [6.07, 6.45) is 4.73. The van der Waals surface area contributed by atoms with Gasteiger partial charge in [-0.2, -0.15) is 0 Å². The zero-order valence-corrected chi connectivity index (χ0v) is 10.8. The maximum absolute atomic E-state index is 4.70. The Morgan fingerprint density at radius 1 is 0.895 bits per heavy atom. The minimum absolute atomic E-state index is 0.193. The Bertz CT molecular complexity index is 714. The molecule has 0 amide bonds. The smallest absolute Gasteiger partial charge is 0.111 e. The summed E-state index contributed by atoms with van der Waals surface area (Å²) in [6, 6.07) is 19.2. The molecule has 0 spiro atoms. The van der Waals surface area contributed by atoms with Crippen LogP contribution in [0.1, 0.15) is 18.4 Å². The van der Waals surface area contributed by atoms with Crippen LogP contribution in [0.4, 0.5) is 0 Å². The van der Waals surface area contributed by atoms with Crippen molar-refractivity contribution in [2.75, 3.05) is 6.67 Å². The third-order valence-electron chi connectivity index (χ3n) is 4.21. The van der Waals surface area contributed by atoms with E-state index in [1.807, 2.05) is 0 Å². The van der Waals surface area contributed by atoms with E-state index >= 15 is 0 Å². The number of hydrogen-bond acceptors (Lipinski definition) is 2. The van der Waals surface area contributed by atoms with E-state index in [9.17, 15) is 0 Å². The van der Waals surface area contributed by atoms with Crippen LogP contribution in [-0.2, 0) is 5.54 Å². The molecule has 2 aliphatic rings. The highest BCUT2D eigenvalue weighted by Gasteiger charge is 2.48. The Morgan fingerprint density at radius 3 is 2.42 bits per heavy atom. The van der Waals surface area contributed by atoms with Gasteiger partial charge in [-0.3, -0.25) is 4.99 Å². The van der Waals surface area contributed by atoms with Gasteiger partial charge in [0.2, 0.25) is 0 Å². The first-order valence-corrected chi connectivity index (χ1v) is 6.82. The Kier molecular flexibility index (Phi) is 2.25. The van der Waals surface area contributed by atoms with E-state index in [1.54, 1.807) is 0 Å². The fourth-order valence-electron chi connectivity index (χ4n) is 2.97. The van der Waals surface area contributed by atoms with Crippen molar-refractivity contribution in [1.82, 2.24) is 4.90 Å². The van der Waals surface area contributed by atoms with Crippen LogP contribution >= 0.6 is 0 Å². The molecular weight excluding hydrogens is 232 g/mol. The number of para-hydroxylation sites is 1. The van der Waals surface area contributed by atoms with Crippen LogP contribution in [-0.4, -0.2) is 11.6 Å². The molecule has 0 aromatic heterocycles. The highest BCUT2D eigenvalue weighted by Crippen LogP contribution is 2.51. The minimum atomic E-state index is 0.193. The minimum Gasteiger partial charge on any atom is -0.348 e. The molecule has 1 aliphatic heterocycles. The molecule has 2 nitrogen and oxygen atoms in total. The number of benzene rings is 2. The molecule has 94 valence electrons. The molecule has 0 radical (unpaired) electrons. The Labute approximate surface area is 112 Å². The highest BCUT2D eigenvalue weighted by molar-refractivity contribution is 5.37. The number of hydrogen-bond donors (Lipinski definition) is 0. The molecule has 1 heterocycles. The lowest BCUT2D eigenvalue weighted by Gasteiger charge is -2.31. The highest BCUT2D eigenvalue weighted by atomic mass is 15.3. The maximum Gasteiger partial charge on any atom is 0.111 e. The molecule has 2 heteroatoms. The second kappa shape index (κ2) is 3.95. The van der Waals surface area contributed by atoms with Gasteiger partial charge < -0.3 is 4.90 Å². The normalized spacial score (nSPS) is 19.1. The van der Waals surface area contributed by atoms with Crippen LogP contribution in [0.15, 0.2) is 59.6 Å². The first kappa shape index (κ1) is 10.8. The Morgan fingerprint density at radius 2 is 1.63 bits per heavy atom. The van der Waals surface area contributed by atoms with Crippen LogP contribution < -0.4 is 10.6 Å². The number of nitrogens with zero attached hydrogens (tertiary/aromatic N) is 2. The van der Waals surface area contributed by atoms with Gasteiger partial charge in [-0.05, 0) is 24.5 Å². The molecule has 0 bridgehead atoms. The molecule has 2 aromatic carbocycles. The molecule has 1 aliphatic carbocycles. The second-order valence-corrected chi connectivity index (χ2v) is 5.35. The number of fused-ring (bicyclic) bond motifs is 1. The van der Waals surface area contributed by atoms with Crippen molar-refractivity contribution in [3.8, 4) is 0 Å². The molecule has 1 fully saturated rings. The van der Waals surface area contributed by atoms with E-state index in [1.165, 1.54) is 23.6 Å². The van der Waals surface area contributed by atoms with E-state index < -0.39 is 0 Å². The van der Waals surface area contributed by atoms with E-state index in [-0.39, 0.29) is 5.54 Å². The van der Waals surface area contributed by atoms with Crippen molar-refractivity contribution in [2.24, 2.45) is 4.99 Å². The first-order valence-electron chi connectivity index (χ1n) is 6.82. The van der Waals surface area contributed by atoms with Crippen molar-refractivity contribution in [1.29, 1.82) is 0 Å². The molecule has 2 aromatic rings. The summed E-state index contributed by atoms with van der Waals surface area (Å²) < 4.78 is 0. The molecule has 0 saturated heterocycles. The molecule has 0 unspecified atom stereocenters. The Hall–Kier alpha value is -2.09. The van der Waals surface area contributed by atoms with E-state index in [0.29, 0.717) is 0 Å². The maximum atomic E-state index is 4.70. The van der Waals surface area contributed by atoms with Crippen molar-refractivity contribution in [3.63, 3.8) is 0 Å². The fourth-order valence-corrected chi connectivity index (χ4v) is 2.97. The average molecular weight is 248 g/mol.